The maximum atomic E-state index is 9.73. The molecule has 2 atom stereocenters. The van der Waals surface area contributed by atoms with Crippen LogP contribution in [-0.4, -0.2) is 27.2 Å². The molecular formula is C10H11ClN2O2. The molecule has 15 heavy (non-hydrogen) atoms. The number of nitrogens with zero attached hydrogens (tertiary/aromatic N) is 2. The van der Waals surface area contributed by atoms with Gasteiger partial charge in [-0.2, -0.15) is 5.26 Å². The summed E-state index contributed by atoms with van der Waals surface area (Å²) in [7, 11) is 0. The number of pyridine rings is 1. The molecule has 0 aromatic carbocycles. The average molecular weight is 227 g/mol. The van der Waals surface area contributed by atoms with Crippen molar-refractivity contribution < 1.29 is 10.2 Å². The quantitative estimate of drug-likeness (QED) is 0.751. The van der Waals surface area contributed by atoms with Crippen LogP contribution in [0.1, 0.15) is 23.8 Å². The van der Waals surface area contributed by atoms with Crippen LogP contribution in [0, 0.1) is 11.3 Å². The molecule has 1 heterocycles. The third-order valence-electron chi connectivity index (χ3n) is 2.03. The zero-order valence-corrected chi connectivity index (χ0v) is 8.72. The Morgan fingerprint density at radius 1 is 1.53 bits per heavy atom. The number of nitriles is 1. The molecule has 1 aromatic heterocycles. The van der Waals surface area contributed by atoms with Crippen LogP contribution in [0.5, 0.6) is 0 Å². The van der Waals surface area contributed by atoms with Crippen LogP contribution >= 0.6 is 11.6 Å². The van der Waals surface area contributed by atoms with E-state index in [-0.39, 0.29) is 18.0 Å². The molecule has 0 bridgehead atoms. The van der Waals surface area contributed by atoms with Crippen LogP contribution in [0.15, 0.2) is 18.3 Å². The van der Waals surface area contributed by atoms with Crippen molar-refractivity contribution in [2.75, 3.05) is 5.88 Å². The van der Waals surface area contributed by atoms with E-state index in [1.807, 2.05) is 6.07 Å². The number of hydrogen-bond acceptors (Lipinski definition) is 4. The van der Waals surface area contributed by atoms with Crippen LogP contribution in [-0.2, 0) is 0 Å². The van der Waals surface area contributed by atoms with E-state index in [4.69, 9.17) is 16.9 Å². The minimum Gasteiger partial charge on any atom is -0.390 e. The molecule has 0 saturated heterocycles. The monoisotopic (exact) mass is 226 g/mol. The highest BCUT2D eigenvalue weighted by Gasteiger charge is 2.20. The van der Waals surface area contributed by atoms with E-state index >= 15 is 0 Å². The summed E-state index contributed by atoms with van der Waals surface area (Å²) in [6.45, 7) is 0. The molecule has 5 heteroatoms. The molecular weight excluding hydrogens is 216 g/mol. The van der Waals surface area contributed by atoms with E-state index in [9.17, 15) is 10.2 Å². The Labute approximate surface area is 92.8 Å². The fourth-order valence-electron chi connectivity index (χ4n) is 1.23. The van der Waals surface area contributed by atoms with Gasteiger partial charge in [0.1, 0.15) is 17.9 Å². The van der Waals surface area contributed by atoms with Crippen molar-refractivity contribution in [3.05, 3.63) is 29.6 Å². The molecule has 1 aromatic rings. The van der Waals surface area contributed by atoms with Gasteiger partial charge in [-0.25, -0.2) is 4.98 Å². The van der Waals surface area contributed by atoms with Crippen LogP contribution in [0.4, 0.5) is 0 Å². The van der Waals surface area contributed by atoms with Crippen LogP contribution < -0.4 is 0 Å². The van der Waals surface area contributed by atoms with Gasteiger partial charge in [-0.3, -0.25) is 0 Å². The number of aliphatic hydroxyl groups is 2. The van der Waals surface area contributed by atoms with E-state index in [2.05, 4.69) is 4.98 Å². The van der Waals surface area contributed by atoms with Crippen molar-refractivity contribution in [2.45, 2.75) is 18.6 Å². The Morgan fingerprint density at radius 3 is 2.87 bits per heavy atom. The smallest absolute Gasteiger partial charge is 0.146 e. The first kappa shape index (κ1) is 11.9. The summed E-state index contributed by atoms with van der Waals surface area (Å²) in [5, 5.41) is 28.0. The Morgan fingerprint density at radius 2 is 2.27 bits per heavy atom. The van der Waals surface area contributed by atoms with Gasteiger partial charge in [0.15, 0.2) is 0 Å². The van der Waals surface area contributed by atoms with Gasteiger partial charge in [0.05, 0.1) is 6.10 Å². The number of halogens is 1. The molecule has 0 aliphatic rings. The molecule has 1 rings (SSSR count). The second kappa shape index (κ2) is 5.66. The van der Waals surface area contributed by atoms with E-state index in [0.29, 0.717) is 5.56 Å². The normalized spacial score (nSPS) is 14.3. The minimum atomic E-state index is -1.12. The van der Waals surface area contributed by atoms with Crippen LogP contribution in [0.3, 0.4) is 0 Å². The predicted octanol–water partition coefficient (Wildman–Crippen LogP) is 0.976. The van der Waals surface area contributed by atoms with Gasteiger partial charge < -0.3 is 10.2 Å². The van der Waals surface area contributed by atoms with Crippen molar-refractivity contribution in [3.8, 4) is 6.07 Å². The lowest BCUT2D eigenvalue weighted by Crippen LogP contribution is -2.19. The van der Waals surface area contributed by atoms with Crippen LogP contribution in [0.25, 0.3) is 0 Å². The third-order valence-corrected chi connectivity index (χ3v) is 2.25. The summed E-state index contributed by atoms with van der Waals surface area (Å²) >= 11 is 5.45. The predicted molar refractivity (Wildman–Crippen MR) is 55.3 cm³/mol. The fraction of sp³-hybridized carbons (Fsp3) is 0.400. The van der Waals surface area contributed by atoms with Gasteiger partial charge in [0.25, 0.3) is 0 Å². The molecule has 2 unspecified atom stereocenters. The molecule has 0 amide bonds. The SMILES string of the molecule is N#Cc1ncccc1C(O)C(O)CCCl. The minimum absolute atomic E-state index is 0.124. The van der Waals surface area contributed by atoms with Crippen molar-refractivity contribution >= 4 is 11.6 Å². The first-order valence-corrected chi connectivity index (χ1v) is 5.01. The average Bonchev–Trinajstić information content (AvgIpc) is 2.28. The van der Waals surface area contributed by atoms with Crippen molar-refractivity contribution in [1.29, 1.82) is 5.26 Å². The number of aromatic nitrogens is 1. The Bertz CT molecular complexity index is 365. The molecule has 80 valence electrons. The standard InChI is InChI=1S/C10H11ClN2O2/c11-4-3-9(14)10(15)7-2-1-5-13-8(7)6-12/h1-2,5,9-10,14-15H,3-4H2. The lowest BCUT2D eigenvalue weighted by atomic mass is 10.0. The second-order valence-corrected chi connectivity index (χ2v) is 3.42. The number of aliphatic hydroxyl groups excluding tert-OH is 2. The summed E-state index contributed by atoms with van der Waals surface area (Å²) in [5.41, 5.74) is 0.455. The second-order valence-electron chi connectivity index (χ2n) is 3.04. The molecule has 0 fully saturated rings. The molecule has 0 radical (unpaired) electrons. The Hall–Kier alpha value is -1.15. The van der Waals surface area contributed by atoms with Gasteiger partial charge in [-0.1, -0.05) is 6.07 Å². The summed E-state index contributed by atoms with van der Waals surface area (Å²) in [4.78, 5) is 3.80. The highest BCUT2D eigenvalue weighted by atomic mass is 35.5. The summed E-state index contributed by atoms with van der Waals surface area (Å²) in [6, 6.07) is 5.03. The number of hydrogen-bond donors (Lipinski definition) is 2. The van der Waals surface area contributed by atoms with E-state index in [0.717, 1.165) is 0 Å². The maximum Gasteiger partial charge on any atom is 0.146 e. The van der Waals surface area contributed by atoms with E-state index in [1.54, 1.807) is 12.1 Å². The van der Waals surface area contributed by atoms with Gasteiger partial charge in [0.2, 0.25) is 0 Å². The highest BCUT2D eigenvalue weighted by molar-refractivity contribution is 6.17. The zero-order chi connectivity index (χ0) is 11.3. The van der Waals surface area contributed by atoms with Crippen molar-refractivity contribution in [1.82, 2.24) is 4.98 Å². The molecule has 0 saturated carbocycles. The Balaban J connectivity index is 2.91. The topological polar surface area (TPSA) is 77.1 Å². The van der Waals surface area contributed by atoms with E-state index in [1.165, 1.54) is 6.20 Å². The molecule has 0 aliphatic carbocycles. The van der Waals surface area contributed by atoms with Crippen LogP contribution in [0.2, 0.25) is 0 Å². The first-order chi connectivity index (χ1) is 7.20. The number of alkyl halides is 1. The van der Waals surface area contributed by atoms with Gasteiger partial charge in [0, 0.05) is 17.6 Å². The van der Waals surface area contributed by atoms with Gasteiger partial charge in [-0.05, 0) is 12.5 Å². The Kier molecular flexibility index (Phi) is 4.50. The van der Waals surface area contributed by atoms with Crippen molar-refractivity contribution in [3.63, 3.8) is 0 Å². The highest BCUT2D eigenvalue weighted by Crippen LogP contribution is 2.21. The first-order valence-electron chi connectivity index (χ1n) is 4.47. The molecule has 2 N–H and O–H groups in total. The molecule has 0 aliphatic heterocycles. The van der Waals surface area contributed by atoms with Crippen molar-refractivity contribution in [2.24, 2.45) is 0 Å². The molecule has 0 spiro atoms. The summed E-state index contributed by atoms with van der Waals surface area (Å²) < 4.78 is 0. The number of rotatable bonds is 4. The lowest BCUT2D eigenvalue weighted by Gasteiger charge is -2.17. The third kappa shape index (κ3) is 2.90. The largest absolute Gasteiger partial charge is 0.390 e. The van der Waals surface area contributed by atoms with Gasteiger partial charge in [-0.15, -0.1) is 11.6 Å². The van der Waals surface area contributed by atoms with E-state index < -0.39 is 12.2 Å². The molecule has 4 nitrogen and oxygen atoms in total. The summed E-state index contributed by atoms with van der Waals surface area (Å²) in [5.74, 6) is 0.250. The maximum absolute atomic E-state index is 9.73. The zero-order valence-electron chi connectivity index (χ0n) is 7.97. The summed E-state index contributed by atoms with van der Waals surface area (Å²) in [6.07, 6.45) is -0.364. The lowest BCUT2D eigenvalue weighted by molar-refractivity contribution is 0.0166. The van der Waals surface area contributed by atoms with Gasteiger partial charge >= 0.3 is 0 Å². The fourth-order valence-corrected chi connectivity index (χ4v) is 1.45.